The smallest absolute Gasteiger partial charge is 0.241 e. The van der Waals surface area contributed by atoms with Gasteiger partial charge in [0.25, 0.3) is 0 Å². The maximum Gasteiger partial charge on any atom is 0.241 e. The van der Waals surface area contributed by atoms with Gasteiger partial charge >= 0.3 is 0 Å². The molecule has 0 aromatic heterocycles. The largest absolute Gasteiger partial charge is 0.508 e. The van der Waals surface area contributed by atoms with Gasteiger partial charge in [0.1, 0.15) is 12.3 Å². The highest BCUT2D eigenvalue weighted by Crippen LogP contribution is 2.18. The lowest BCUT2D eigenvalue weighted by Crippen LogP contribution is -2.41. The van der Waals surface area contributed by atoms with Crippen LogP contribution in [0.2, 0.25) is 0 Å². The molecular formula is C9H12N4O3. The molecule has 7 nitrogen and oxygen atoms in total. The maximum absolute atomic E-state index is 10.7. The Morgan fingerprint density at radius 3 is 2.44 bits per heavy atom. The maximum atomic E-state index is 10.7. The predicted molar refractivity (Wildman–Crippen MR) is 58.2 cm³/mol. The van der Waals surface area contributed by atoms with Crippen molar-refractivity contribution in [2.75, 3.05) is 18.6 Å². The average molecular weight is 224 g/mol. The molecule has 1 aromatic rings. The number of nitrogens with two attached hydrogens (primary N) is 1. The summed E-state index contributed by atoms with van der Waals surface area (Å²) in [6.45, 7) is -0.305. The van der Waals surface area contributed by atoms with Gasteiger partial charge in [-0.1, -0.05) is 0 Å². The Balaban J connectivity index is 2.82. The zero-order valence-electron chi connectivity index (χ0n) is 8.70. The second-order valence-electron chi connectivity index (χ2n) is 3.12. The van der Waals surface area contributed by atoms with Crippen LogP contribution in [0, 0.1) is 4.91 Å². The van der Waals surface area contributed by atoms with E-state index in [-0.39, 0.29) is 12.3 Å². The lowest BCUT2D eigenvalue weighted by Gasteiger charge is -2.26. The van der Waals surface area contributed by atoms with Crippen molar-refractivity contribution in [1.82, 2.24) is 5.12 Å². The number of primary amides is 1. The third kappa shape index (κ3) is 2.84. The van der Waals surface area contributed by atoms with Gasteiger partial charge in [-0.15, -0.1) is 4.91 Å². The Morgan fingerprint density at radius 2 is 2.00 bits per heavy atom. The van der Waals surface area contributed by atoms with E-state index in [9.17, 15) is 9.70 Å². The Morgan fingerprint density at radius 1 is 1.44 bits per heavy atom. The summed E-state index contributed by atoms with van der Waals surface area (Å²) >= 11 is 0. The Bertz CT molecular complexity index is 379. The fraction of sp³-hybridized carbons (Fsp3) is 0.222. The average Bonchev–Trinajstić information content (AvgIpc) is 2.25. The first-order valence-electron chi connectivity index (χ1n) is 4.46. The molecule has 0 aliphatic rings. The number of benzene rings is 1. The van der Waals surface area contributed by atoms with E-state index in [1.807, 2.05) is 0 Å². The summed E-state index contributed by atoms with van der Waals surface area (Å²) < 4.78 is 0. The van der Waals surface area contributed by atoms with Gasteiger partial charge in [0.2, 0.25) is 5.91 Å². The molecule has 0 atom stereocenters. The lowest BCUT2D eigenvalue weighted by molar-refractivity contribution is -0.119. The number of hydrogen-bond donors (Lipinski definition) is 2. The van der Waals surface area contributed by atoms with Crippen molar-refractivity contribution in [1.29, 1.82) is 0 Å². The highest BCUT2D eigenvalue weighted by molar-refractivity contribution is 5.76. The number of aromatic hydroxyl groups is 1. The first kappa shape index (κ1) is 11.8. The molecule has 0 aliphatic carbocycles. The third-order valence-corrected chi connectivity index (χ3v) is 1.96. The van der Waals surface area contributed by atoms with Crippen molar-refractivity contribution in [3.8, 4) is 5.75 Å². The Labute approximate surface area is 92.0 Å². The van der Waals surface area contributed by atoms with Gasteiger partial charge in [-0.05, 0) is 24.3 Å². The van der Waals surface area contributed by atoms with Crippen LogP contribution in [-0.4, -0.2) is 29.7 Å². The van der Waals surface area contributed by atoms with Crippen LogP contribution in [0.3, 0.4) is 0 Å². The minimum absolute atomic E-state index is 0.109. The fourth-order valence-electron chi connectivity index (χ4n) is 1.13. The van der Waals surface area contributed by atoms with Gasteiger partial charge in [-0.3, -0.25) is 9.80 Å². The molecule has 86 valence electrons. The first-order chi connectivity index (χ1) is 7.54. The van der Waals surface area contributed by atoms with E-state index < -0.39 is 5.91 Å². The number of phenolic OH excluding ortho intramolecular Hbond substituents is 1. The highest BCUT2D eigenvalue weighted by Gasteiger charge is 2.13. The number of nitroso groups, excluding NO2 is 1. The molecule has 7 heteroatoms. The molecule has 0 radical (unpaired) electrons. The Kier molecular flexibility index (Phi) is 3.65. The van der Waals surface area contributed by atoms with E-state index in [0.29, 0.717) is 5.69 Å². The molecular weight excluding hydrogens is 212 g/mol. The molecule has 1 amide bonds. The van der Waals surface area contributed by atoms with E-state index in [1.54, 1.807) is 19.2 Å². The number of carbonyl (C=O) groups excluding carboxylic acids is 1. The fourth-order valence-corrected chi connectivity index (χ4v) is 1.13. The van der Waals surface area contributed by atoms with Crippen molar-refractivity contribution >= 4 is 11.6 Å². The molecule has 0 aliphatic heterocycles. The summed E-state index contributed by atoms with van der Waals surface area (Å²) in [5, 5.41) is 14.0. The van der Waals surface area contributed by atoms with Crippen LogP contribution in [0.5, 0.6) is 5.75 Å². The predicted octanol–water partition coefficient (Wildman–Crippen LogP) is 0.212. The minimum atomic E-state index is -0.662. The minimum Gasteiger partial charge on any atom is -0.508 e. The molecule has 3 N–H and O–H groups in total. The summed E-state index contributed by atoms with van der Waals surface area (Å²) in [7, 11) is 1.55. The molecule has 0 heterocycles. The number of amides is 1. The normalized spacial score (nSPS) is 9.56. The summed E-state index contributed by atoms with van der Waals surface area (Å²) in [5.74, 6) is -0.553. The molecule has 0 saturated heterocycles. The zero-order chi connectivity index (χ0) is 12.1. The number of carbonyl (C=O) groups is 1. The van der Waals surface area contributed by atoms with E-state index >= 15 is 0 Å². The van der Waals surface area contributed by atoms with Crippen LogP contribution >= 0.6 is 0 Å². The van der Waals surface area contributed by atoms with Crippen LogP contribution in [-0.2, 0) is 4.79 Å². The standard InChI is InChI=1S/C9H12N4O3/c1-12(13(11-16)6-9(10)15)7-2-4-8(14)5-3-7/h2-5,14H,6H2,1H3,(H2,10,15). The van der Waals surface area contributed by atoms with Crippen molar-refractivity contribution < 1.29 is 9.90 Å². The summed E-state index contributed by atoms with van der Waals surface area (Å²) in [5.41, 5.74) is 5.56. The molecule has 0 saturated carbocycles. The molecule has 0 fully saturated rings. The van der Waals surface area contributed by atoms with Crippen LogP contribution in [0.25, 0.3) is 0 Å². The zero-order valence-corrected chi connectivity index (χ0v) is 8.70. The Hall–Kier alpha value is -2.31. The first-order valence-corrected chi connectivity index (χ1v) is 4.46. The molecule has 0 unspecified atom stereocenters. The lowest BCUT2D eigenvalue weighted by atomic mass is 10.3. The van der Waals surface area contributed by atoms with Crippen molar-refractivity contribution in [3.63, 3.8) is 0 Å². The van der Waals surface area contributed by atoms with E-state index in [0.717, 1.165) is 5.12 Å². The van der Waals surface area contributed by atoms with Gasteiger partial charge in [-0.25, -0.2) is 0 Å². The summed E-state index contributed by atoms with van der Waals surface area (Å²) in [6, 6.07) is 6.07. The quantitative estimate of drug-likeness (QED) is 0.550. The number of nitrogens with zero attached hydrogens (tertiary/aromatic N) is 3. The molecule has 0 bridgehead atoms. The summed E-state index contributed by atoms with van der Waals surface area (Å²) in [6.07, 6.45) is 0. The molecule has 16 heavy (non-hydrogen) atoms. The van der Waals surface area contributed by atoms with Gasteiger partial charge in [0.15, 0.2) is 0 Å². The highest BCUT2D eigenvalue weighted by atomic mass is 16.3. The number of hydrazine groups is 1. The van der Waals surface area contributed by atoms with Gasteiger partial charge in [-0.2, -0.15) is 5.12 Å². The van der Waals surface area contributed by atoms with Crippen molar-refractivity contribution in [2.24, 2.45) is 11.0 Å². The third-order valence-electron chi connectivity index (χ3n) is 1.96. The topological polar surface area (TPSA) is 99.2 Å². The SMILES string of the molecule is CN(c1ccc(O)cc1)N(CC(N)=O)N=O. The number of hydrogen-bond acceptors (Lipinski definition) is 5. The van der Waals surface area contributed by atoms with Gasteiger partial charge < -0.3 is 10.8 Å². The van der Waals surface area contributed by atoms with E-state index in [4.69, 9.17) is 10.8 Å². The molecule has 0 spiro atoms. The van der Waals surface area contributed by atoms with Crippen LogP contribution in [0.15, 0.2) is 29.6 Å². The van der Waals surface area contributed by atoms with Gasteiger partial charge in [0, 0.05) is 7.05 Å². The van der Waals surface area contributed by atoms with Crippen molar-refractivity contribution in [3.05, 3.63) is 29.2 Å². The van der Waals surface area contributed by atoms with Crippen LogP contribution in [0.1, 0.15) is 0 Å². The number of phenols is 1. The molecule has 1 aromatic carbocycles. The number of anilines is 1. The van der Waals surface area contributed by atoms with Gasteiger partial charge in [0.05, 0.1) is 11.0 Å². The molecule has 1 rings (SSSR count). The number of rotatable bonds is 5. The van der Waals surface area contributed by atoms with Crippen molar-refractivity contribution in [2.45, 2.75) is 0 Å². The summed E-state index contributed by atoms with van der Waals surface area (Å²) in [4.78, 5) is 21.2. The van der Waals surface area contributed by atoms with E-state index in [1.165, 1.54) is 17.1 Å². The van der Waals surface area contributed by atoms with E-state index in [2.05, 4.69) is 5.29 Å². The second-order valence-corrected chi connectivity index (χ2v) is 3.12. The monoisotopic (exact) mass is 224 g/mol. The second kappa shape index (κ2) is 4.96. The van der Waals surface area contributed by atoms with Crippen LogP contribution < -0.4 is 10.7 Å². The van der Waals surface area contributed by atoms with Crippen LogP contribution in [0.4, 0.5) is 5.69 Å².